The third kappa shape index (κ3) is 5.07. The minimum atomic E-state index is -3.33. The summed E-state index contributed by atoms with van der Waals surface area (Å²) < 4.78 is 28.2. The van der Waals surface area contributed by atoms with Gasteiger partial charge in [0.05, 0.1) is 11.1 Å². The number of fused-ring (bicyclic) bond motifs is 1. The monoisotopic (exact) mass is 548 g/mol. The third-order valence-corrected chi connectivity index (χ3v) is 9.26. The van der Waals surface area contributed by atoms with E-state index in [1.807, 2.05) is 67.1 Å². The van der Waals surface area contributed by atoms with Gasteiger partial charge in [0.1, 0.15) is 5.52 Å². The molecule has 0 unspecified atom stereocenters. The molecule has 0 aliphatic carbocycles. The molecule has 0 bridgehead atoms. The number of benzene rings is 2. The average Bonchev–Trinajstić information content (AvgIpc) is 3.58. The second kappa shape index (κ2) is 10.3. The summed E-state index contributed by atoms with van der Waals surface area (Å²) in [7, 11) is -3.33. The molecule has 204 valence electrons. The molecule has 1 amide bonds. The molecule has 1 saturated heterocycles. The lowest BCUT2D eigenvalue weighted by Crippen LogP contribution is -2.30. The quantitative estimate of drug-likeness (QED) is 0.324. The number of aromatic amines is 1. The van der Waals surface area contributed by atoms with Crippen LogP contribution >= 0.6 is 0 Å². The van der Waals surface area contributed by atoms with Crippen LogP contribution in [0.3, 0.4) is 0 Å². The van der Waals surface area contributed by atoms with Crippen molar-refractivity contribution < 1.29 is 13.2 Å². The Bertz CT molecular complexity index is 1720. The van der Waals surface area contributed by atoms with Crippen molar-refractivity contribution in [3.63, 3.8) is 0 Å². The second-order valence-electron chi connectivity index (χ2n) is 10.0. The van der Waals surface area contributed by atoms with Gasteiger partial charge < -0.3 is 15.6 Å². The van der Waals surface area contributed by atoms with Crippen molar-refractivity contribution in [2.75, 3.05) is 24.6 Å². The zero-order valence-electron chi connectivity index (χ0n) is 22.2. The van der Waals surface area contributed by atoms with Gasteiger partial charge in [-0.05, 0) is 49.9 Å². The van der Waals surface area contributed by atoms with Crippen LogP contribution in [0.1, 0.15) is 46.4 Å². The minimum absolute atomic E-state index is 0.0340. The van der Waals surface area contributed by atoms with Crippen molar-refractivity contribution in [3.8, 4) is 11.1 Å². The zero-order valence-corrected chi connectivity index (χ0v) is 23.0. The maximum atomic E-state index is 12.9. The molecule has 3 heterocycles. The van der Waals surface area contributed by atoms with E-state index in [9.17, 15) is 18.0 Å². The highest BCUT2D eigenvalue weighted by molar-refractivity contribution is 7.89. The van der Waals surface area contributed by atoms with Gasteiger partial charge in [0, 0.05) is 43.0 Å². The van der Waals surface area contributed by atoms with Crippen LogP contribution in [-0.4, -0.2) is 52.2 Å². The standard InChI is InChI=1S/C28H32N6O4S/c1-4-39(37,38)33-12-11-21(15-33)34-16-23(24-25(34)28(36)32-31-26(24)29)20-9-7-19(8-10-20)14-30-27(35)22-13-17(2)5-6-18(22)3/h5-10,13,16,21H,4,11-12,14-15H2,1-3H3,(H2,29,31)(H,30,35)(H,32,36)/t21-/m1/s1. The first-order chi connectivity index (χ1) is 18.6. The van der Waals surface area contributed by atoms with E-state index in [1.54, 1.807) is 6.92 Å². The van der Waals surface area contributed by atoms with Gasteiger partial charge in [0.25, 0.3) is 11.5 Å². The van der Waals surface area contributed by atoms with E-state index in [1.165, 1.54) is 4.31 Å². The molecule has 2 aromatic carbocycles. The number of rotatable bonds is 7. The van der Waals surface area contributed by atoms with Gasteiger partial charge in [-0.2, -0.15) is 9.40 Å². The highest BCUT2D eigenvalue weighted by Crippen LogP contribution is 2.36. The molecule has 0 spiro atoms. The van der Waals surface area contributed by atoms with Crippen LogP contribution in [0, 0.1) is 13.8 Å². The maximum absolute atomic E-state index is 12.9. The number of nitrogens with two attached hydrogens (primary N) is 1. The Morgan fingerprint density at radius 2 is 1.92 bits per heavy atom. The molecule has 10 nitrogen and oxygen atoms in total. The van der Waals surface area contributed by atoms with Crippen molar-refractivity contribution in [2.24, 2.45) is 0 Å². The SMILES string of the molecule is CCS(=O)(=O)N1CC[C@@H](n2cc(-c3ccc(CNC(=O)c4cc(C)ccc4C)cc3)c3c(N)n[nH]c(=O)c32)C1. The van der Waals surface area contributed by atoms with Crippen LogP contribution in [0.15, 0.2) is 53.5 Å². The van der Waals surface area contributed by atoms with Crippen LogP contribution in [0.2, 0.25) is 0 Å². The molecule has 4 aromatic rings. The predicted molar refractivity (Wildman–Crippen MR) is 152 cm³/mol. The summed E-state index contributed by atoms with van der Waals surface area (Å²) in [5.74, 6) is 0.100. The number of H-pyrrole nitrogens is 1. The van der Waals surface area contributed by atoms with E-state index >= 15 is 0 Å². The number of hydrogen-bond donors (Lipinski definition) is 3. The predicted octanol–water partition coefficient (Wildman–Crippen LogP) is 3.12. The van der Waals surface area contributed by atoms with Crippen LogP contribution < -0.4 is 16.6 Å². The van der Waals surface area contributed by atoms with Gasteiger partial charge in [0.15, 0.2) is 5.82 Å². The number of sulfonamides is 1. The largest absolute Gasteiger partial charge is 0.382 e. The fourth-order valence-corrected chi connectivity index (χ4v) is 6.32. The van der Waals surface area contributed by atoms with Crippen molar-refractivity contribution in [1.29, 1.82) is 0 Å². The Kier molecular flexibility index (Phi) is 7.04. The third-order valence-electron chi connectivity index (χ3n) is 7.42. The molecule has 1 aliphatic rings. The summed E-state index contributed by atoms with van der Waals surface area (Å²) in [6.07, 6.45) is 2.45. The Labute approximate surface area is 226 Å². The Morgan fingerprint density at radius 3 is 2.64 bits per heavy atom. The molecule has 1 atom stereocenters. The van der Waals surface area contributed by atoms with Crippen LogP contribution in [0.4, 0.5) is 5.82 Å². The molecule has 0 radical (unpaired) electrons. The number of nitrogens with zero attached hydrogens (tertiary/aromatic N) is 3. The van der Waals surface area contributed by atoms with Crippen LogP contribution in [-0.2, 0) is 16.6 Å². The number of hydrogen-bond acceptors (Lipinski definition) is 6. The minimum Gasteiger partial charge on any atom is -0.382 e. The van der Waals surface area contributed by atoms with E-state index in [0.29, 0.717) is 42.5 Å². The van der Waals surface area contributed by atoms with Crippen molar-refractivity contribution in [1.82, 2.24) is 24.4 Å². The van der Waals surface area contributed by atoms with Gasteiger partial charge in [-0.1, -0.05) is 42.0 Å². The molecule has 4 N–H and O–H groups in total. The van der Waals surface area contributed by atoms with Crippen molar-refractivity contribution in [2.45, 2.75) is 39.8 Å². The number of nitrogens with one attached hydrogen (secondary N) is 2. The highest BCUT2D eigenvalue weighted by atomic mass is 32.2. The molecule has 1 aliphatic heterocycles. The Morgan fingerprint density at radius 1 is 1.18 bits per heavy atom. The van der Waals surface area contributed by atoms with E-state index in [-0.39, 0.29) is 29.1 Å². The topological polar surface area (TPSA) is 143 Å². The first-order valence-electron chi connectivity index (χ1n) is 12.9. The number of aromatic nitrogens is 3. The maximum Gasteiger partial charge on any atom is 0.288 e. The molecule has 39 heavy (non-hydrogen) atoms. The molecular formula is C28H32N6O4S. The number of carbonyl (C=O) groups excluding carboxylic acids is 1. The molecule has 1 fully saturated rings. The zero-order chi connectivity index (χ0) is 27.9. The van der Waals surface area contributed by atoms with Gasteiger partial charge in [0.2, 0.25) is 10.0 Å². The van der Waals surface area contributed by atoms with E-state index < -0.39 is 10.0 Å². The lowest BCUT2D eigenvalue weighted by Gasteiger charge is -2.16. The van der Waals surface area contributed by atoms with Gasteiger partial charge in [-0.25, -0.2) is 13.5 Å². The second-order valence-corrected chi connectivity index (χ2v) is 12.3. The number of carbonyl (C=O) groups is 1. The lowest BCUT2D eigenvalue weighted by molar-refractivity contribution is 0.0950. The summed E-state index contributed by atoms with van der Waals surface area (Å²) in [6.45, 7) is 6.55. The van der Waals surface area contributed by atoms with Crippen molar-refractivity contribution in [3.05, 3.63) is 81.3 Å². The Hall–Kier alpha value is -3.96. The normalized spacial score (nSPS) is 16.1. The number of amides is 1. The Balaban J connectivity index is 1.42. The van der Waals surface area contributed by atoms with E-state index in [0.717, 1.165) is 27.8 Å². The first kappa shape index (κ1) is 26.6. The molecule has 11 heteroatoms. The smallest absolute Gasteiger partial charge is 0.288 e. The fourth-order valence-electron chi connectivity index (χ4n) is 5.17. The molecule has 0 saturated carbocycles. The van der Waals surface area contributed by atoms with E-state index in [4.69, 9.17) is 5.73 Å². The van der Waals surface area contributed by atoms with Crippen LogP contribution in [0.5, 0.6) is 0 Å². The summed E-state index contributed by atoms with van der Waals surface area (Å²) in [5, 5.41) is 9.95. The molecular weight excluding hydrogens is 516 g/mol. The number of nitrogen functional groups attached to an aromatic ring is 1. The summed E-state index contributed by atoms with van der Waals surface area (Å²) in [4.78, 5) is 25.6. The van der Waals surface area contributed by atoms with E-state index in [2.05, 4.69) is 15.5 Å². The number of anilines is 1. The summed E-state index contributed by atoms with van der Waals surface area (Å²) in [6, 6.07) is 13.3. The first-order valence-corrected chi connectivity index (χ1v) is 14.5. The van der Waals surface area contributed by atoms with Gasteiger partial charge in [-0.3, -0.25) is 9.59 Å². The summed E-state index contributed by atoms with van der Waals surface area (Å²) in [5.41, 5.74) is 11.3. The number of aryl methyl sites for hydroxylation is 2. The molecule has 2 aromatic heterocycles. The van der Waals surface area contributed by atoms with Crippen LogP contribution in [0.25, 0.3) is 22.0 Å². The fraction of sp³-hybridized carbons (Fsp3) is 0.321. The van der Waals surface area contributed by atoms with Gasteiger partial charge >= 0.3 is 0 Å². The summed E-state index contributed by atoms with van der Waals surface area (Å²) >= 11 is 0. The highest BCUT2D eigenvalue weighted by Gasteiger charge is 2.33. The average molecular weight is 549 g/mol. The molecule has 5 rings (SSSR count). The van der Waals surface area contributed by atoms with Crippen molar-refractivity contribution >= 4 is 32.7 Å². The van der Waals surface area contributed by atoms with Gasteiger partial charge in [-0.15, -0.1) is 0 Å². The lowest BCUT2D eigenvalue weighted by atomic mass is 10.0.